The lowest BCUT2D eigenvalue weighted by atomic mass is 9.95. The topological polar surface area (TPSA) is 55.8 Å². The number of aliphatic hydroxyl groups is 1. The normalized spacial score (nSPS) is 20.2. The van der Waals surface area contributed by atoms with E-state index in [-0.39, 0.29) is 31.0 Å². The molecule has 1 heterocycles. The van der Waals surface area contributed by atoms with Gasteiger partial charge in [-0.3, -0.25) is 4.79 Å². The molecule has 1 aliphatic heterocycles. The zero-order valence-corrected chi connectivity index (χ0v) is 15.5. The molecule has 0 aromatic heterocycles. The molecule has 2 aromatic carbocycles. The first-order valence-electron chi connectivity index (χ1n) is 8.64. The molecule has 2 atom stereocenters. The summed E-state index contributed by atoms with van der Waals surface area (Å²) in [6, 6.07) is 10.8. The van der Waals surface area contributed by atoms with Crippen molar-refractivity contribution in [2.75, 3.05) is 6.61 Å². The third-order valence-corrected chi connectivity index (χ3v) is 4.79. The van der Waals surface area contributed by atoms with E-state index in [0.717, 1.165) is 16.7 Å². The van der Waals surface area contributed by atoms with Gasteiger partial charge in [-0.25, -0.2) is 0 Å². The van der Waals surface area contributed by atoms with Crippen LogP contribution in [0, 0.1) is 0 Å². The first-order chi connectivity index (χ1) is 13.2. The maximum atomic E-state index is 12.3. The summed E-state index contributed by atoms with van der Waals surface area (Å²) in [6.07, 6.45) is -4.91. The van der Waals surface area contributed by atoms with Crippen LogP contribution in [-0.2, 0) is 16.0 Å². The molecule has 1 fully saturated rings. The number of rotatable bonds is 5. The van der Waals surface area contributed by atoms with Gasteiger partial charge < -0.3 is 14.6 Å². The first kappa shape index (κ1) is 20.6. The third kappa shape index (κ3) is 5.47. The quantitative estimate of drug-likeness (QED) is 0.776. The lowest BCUT2D eigenvalue weighted by molar-refractivity contribution is -0.274. The van der Waals surface area contributed by atoms with Crippen LogP contribution in [0.4, 0.5) is 13.2 Å². The third-order valence-electron chi connectivity index (χ3n) is 4.42. The molecule has 8 heteroatoms. The Morgan fingerprint density at radius 2 is 1.86 bits per heavy atom. The molecule has 0 bridgehead atoms. The Morgan fingerprint density at radius 1 is 1.14 bits per heavy atom. The van der Waals surface area contributed by atoms with Crippen molar-refractivity contribution in [3.05, 3.63) is 64.2 Å². The Morgan fingerprint density at radius 3 is 2.50 bits per heavy atom. The highest BCUT2D eigenvalue weighted by molar-refractivity contribution is 6.31. The van der Waals surface area contributed by atoms with E-state index in [9.17, 15) is 23.1 Å². The van der Waals surface area contributed by atoms with Gasteiger partial charge in [0.05, 0.1) is 18.8 Å². The number of halogens is 4. The number of carbonyl (C=O) groups excluding carboxylic acids is 1. The van der Waals surface area contributed by atoms with Crippen molar-refractivity contribution in [1.29, 1.82) is 0 Å². The number of hydrogen-bond acceptors (Lipinski definition) is 4. The lowest BCUT2D eigenvalue weighted by Crippen LogP contribution is -2.30. The van der Waals surface area contributed by atoms with Crippen LogP contribution in [0.5, 0.6) is 5.75 Å². The van der Waals surface area contributed by atoms with Crippen molar-refractivity contribution in [3.8, 4) is 5.75 Å². The maximum absolute atomic E-state index is 12.3. The van der Waals surface area contributed by atoms with Gasteiger partial charge in [0, 0.05) is 17.9 Å². The van der Waals surface area contributed by atoms with Crippen molar-refractivity contribution in [2.24, 2.45) is 0 Å². The predicted molar refractivity (Wildman–Crippen MR) is 96.3 cm³/mol. The summed E-state index contributed by atoms with van der Waals surface area (Å²) in [4.78, 5) is 11.9. The number of Topliss-reactive ketones (excluding diaryl/α,β-unsaturated/α-hetero) is 1. The van der Waals surface area contributed by atoms with Crippen LogP contribution in [0.15, 0.2) is 42.5 Å². The number of benzene rings is 2. The minimum absolute atomic E-state index is 0.0204. The molecule has 1 aliphatic rings. The van der Waals surface area contributed by atoms with Gasteiger partial charge in [0.1, 0.15) is 11.5 Å². The van der Waals surface area contributed by atoms with E-state index in [1.54, 1.807) is 12.1 Å². The van der Waals surface area contributed by atoms with E-state index >= 15 is 0 Å². The second-order valence-electron chi connectivity index (χ2n) is 6.60. The van der Waals surface area contributed by atoms with Gasteiger partial charge in [0.15, 0.2) is 0 Å². The van der Waals surface area contributed by atoms with E-state index < -0.39 is 18.6 Å². The molecule has 4 nitrogen and oxygen atoms in total. The first-order valence-corrected chi connectivity index (χ1v) is 9.02. The molecule has 150 valence electrons. The van der Waals surface area contributed by atoms with E-state index in [2.05, 4.69) is 4.74 Å². The lowest BCUT2D eigenvalue weighted by Gasteiger charge is -2.28. The van der Waals surface area contributed by atoms with Crippen molar-refractivity contribution in [3.63, 3.8) is 0 Å². The average molecular weight is 415 g/mol. The van der Waals surface area contributed by atoms with Crippen LogP contribution in [0.1, 0.15) is 35.6 Å². The number of ether oxygens (including phenoxy) is 2. The molecule has 0 saturated carbocycles. The number of ketones is 1. The molecule has 28 heavy (non-hydrogen) atoms. The van der Waals surface area contributed by atoms with Crippen LogP contribution >= 0.6 is 11.6 Å². The molecule has 0 aliphatic carbocycles. The van der Waals surface area contributed by atoms with E-state index in [4.69, 9.17) is 16.3 Å². The molecule has 1 N–H and O–H groups in total. The monoisotopic (exact) mass is 414 g/mol. The Labute approximate surface area is 164 Å². The standard InChI is InChI=1S/C20H18ClF3O4/c21-18-6-3-13(19-10-15(26)9-17(11-25)27-19)8-14(18)7-12-1-4-16(5-2-12)28-20(22,23)24/h1-6,8,17,19,25H,7,9-11H2. The van der Waals surface area contributed by atoms with Crippen LogP contribution in [-0.4, -0.2) is 30.0 Å². The van der Waals surface area contributed by atoms with Crippen molar-refractivity contribution < 1.29 is 32.5 Å². The summed E-state index contributed by atoms with van der Waals surface area (Å²) >= 11 is 6.27. The Bertz CT molecular complexity index is 836. The van der Waals surface area contributed by atoms with Gasteiger partial charge in [-0.15, -0.1) is 13.2 Å². The van der Waals surface area contributed by atoms with E-state index in [1.165, 1.54) is 24.3 Å². The fraction of sp³-hybridized carbons (Fsp3) is 0.350. The SMILES string of the molecule is O=C1CC(CO)OC(c2ccc(Cl)c(Cc3ccc(OC(F)(F)F)cc3)c2)C1. The Kier molecular flexibility index (Phi) is 6.27. The summed E-state index contributed by atoms with van der Waals surface area (Å²) in [5.41, 5.74) is 2.27. The number of aliphatic hydroxyl groups excluding tert-OH is 1. The van der Waals surface area contributed by atoms with Crippen molar-refractivity contribution >= 4 is 17.4 Å². The zero-order valence-electron chi connectivity index (χ0n) is 14.7. The van der Waals surface area contributed by atoms with Gasteiger partial charge in [0.2, 0.25) is 0 Å². The maximum Gasteiger partial charge on any atom is 0.573 e. The molecule has 0 radical (unpaired) electrons. The second kappa shape index (κ2) is 8.51. The average Bonchev–Trinajstić information content (AvgIpc) is 2.63. The molecule has 0 amide bonds. The predicted octanol–water partition coefficient (Wildman–Crippen LogP) is 4.61. The summed E-state index contributed by atoms with van der Waals surface area (Å²) in [5, 5.41) is 9.78. The number of alkyl halides is 3. The minimum Gasteiger partial charge on any atom is -0.406 e. The largest absolute Gasteiger partial charge is 0.573 e. The minimum atomic E-state index is -4.73. The van der Waals surface area contributed by atoms with E-state index in [1.807, 2.05) is 6.07 Å². The number of hydrogen-bond donors (Lipinski definition) is 1. The highest BCUT2D eigenvalue weighted by Gasteiger charge is 2.31. The fourth-order valence-electron chi connectivity index (χ4n) is 3.14. The molecule has 2 aromatic rings. The number of carbonyl (C=O) groups is 1. The molecular weight excluding hydrogens is 397 g/mol. The van der Waals surface area contributed by atoms with Gasteiger partial charge >= 0.3 is 6.36 Å². The van der Waals surface area contributed by atoms with Crippen LogP contribution in [0.25, 0.3) is 0 Å². The van der Waals surface area contributed by atoms with Gasteiger partial charge in [-0.05, 0) is 41.3 Å². The van der Waals surface area contributed by atoms with Gasteiger partial charge in [-0.2, -0.15) is 0 Å². The van der Waals surface area contributed by atoms with Crippen LogP contribution < -0.4 is 4.74 Å². The van der Waals surface area contributed by atoms with Gasteiger partial charge in [-0.1, -0.05) is 35.9 Å². The van der Waals surface area contributed by atoms with Crippen LogP contribution in [0.3, 0.4) is 0 Å². The Hall–Kier alpha value is -2.09. The van der Waals surface area contributed by atoms with Crippen LogP contribution in [0.2, 0.25) is 5.02 Å². The summed E-state index contributed by atoms with van der Waals surface area (Å²) in [7, 11) is 0. The zero-order chi connectivity index (χ0) is 20.3. The summed E-state index contributed by atoms with van der Waals surface area (Å²) in [6.45, 7) is -0.227. The Balaban J connectivity index is 1.76. The van der Waals surface area contributed by atoms with Crippen molar-refractivity contribution in [2.45, 2.75) is 37.8 Å². The highest BCUT2D eigenvalue weighted by atomic mass is 35.5. The van der Waals surface area contributed by atoms with Gasteiger partial charge in [0.25, 0.3) is 0 Å². The second-order valence-corrected chi connectivity index (χ2v) is 7.00. The molecule has 3 rings (SSSR count). The molecule has 1 saturated heterocycles. The summed E-state index contributed by atoms with van der Waals surface area (Å²) in [5.74, 6) is -0.271. The molecular formula is C20H18ClF3O4. The molecule has 0 spiro atoms. The highest BCUT2D eigenvalue weighted by Crippen LogP contribution is 2.32. The van der Waals surface area contributed by atoms with Crippen molar-refractivity contribution in [1.82, 2.24) is 0 Å². The fourth-order valence-corrected chi connectivity index (χ4v) is 3.32. The van der Waals surface area contributed by atoms with E-state index in [0.29, 0.717) is 11.4 Å². The smallest absolute Gasteiger partial charge is 0.406 e. The molecule has 2 unspecified atom stereocenters. The summed E-state index contributed by atoms with van der Waals surface area (Å²) < 4.78 is 46.4.